The lowest BCUT2D eigenvalue weighted by Crippen LogP contribution is -2.41. The lowest BCUT2D eigenvalue weighted by Gasteiger charge is -2.34. The molecule has 2 fully saturated rings. The first-order valence-electron chi connectivity index (χ1n) is 5.59. The smallest absolute Gasteiger partial charge is 0.306 e. The van der Waals surface area contributed by atoms with Gasteiger partial charge >= 0.3 is 5.97 Å². The maximum atomic E-state index is 11.4. The molecule has 4 nitrogen and oxygen atoms in total. The van der Waals surface area contributed by atoms with Crippen LogP contribution in [0.25, 0.3) is 0 Å². The molecule has 15 heavy (non-hydrogen) atoms. The topological polar surface area (TPSA) is 57.6 Å². The Morgan fingerprint density at radius 2 is 2.00 bits per heavy atom. The van der Waals surface area contributed by atoms with Gasteiger partial charge in [0.15, 0.2) is 0 Å². The van der Waals surface area contributed by atoms with Gasteiger partial charge in [-0.25, -0.2) is 0 Å². The van der Waals surface area contributed by atoms with Crippen LogP contribution in [0.4, 0.5) is 0 Å². The fraction of sp³-hybridized carbons (Fsp3) is 0.818. The standard InChI is InChI=1S/C11H17NO3/c1-7(13)12-5-4-8-2-3-9(11(14)15)6-10(8)12/h8-10H,2-6H2,1H3,(H,14,15)/t8-,9?,10-/m0/s1. The minimum atomic E-state index is -0.705. The SMILES string of the molecule is CC(=O)N1CC[C@@H]2CCC(C(=O)O)C[C@@H]21. The molecule has 1 saturated carbocycles. The number of nitrogens with zero attached hydrogens (tertiary/aromatic N) is 1. The van der Waals surface area contributed by atoms with Crippen LogP contribution < -0.4 is 0 Å². The number of fused-ring (bicyclic) bond motifs is 1. The molecule has 0 bridgehead atoms. The zero-order chi connectivity index (χ0) is 11.0. The summed E-state index contributed by atoms with van der Waals surface area (Å²) in [5.74, 6) is -0.312. The summed E-state index contributed by atoms with van der Waals surface area (Å²) in [6.45, 7) is 2.39. The Balaban J connectivity index is 2.07. The molecule has 1 heterocycles. The number of likely N-dealkylation sites (tertiary alicyclic amines) is 1. The van der Waals surface area contributed by atoms with Gasteiger partial charge in [0.25, 0.3) is 0 Å². The van der Waals surface area contributed by atoms with Crippen LogP contribution in [0.5, 0.6) is 0 Å². The summed E-state index contributed by atoms with van der Waals surface area (Å²) >= 11 is 0. The number of carboxylic acid groups (broad SMARTS) is 1. The van der Waals surface area contributed by atoms with Gasteiger partial charge in [0.1, 0.15) is 0 Å². The second-order valence-electron chi connectivity index (χ2n) is 4.68. The number of hydrogen-bond acceptors (Lipinski definition) is 2. The quantitative estimate of drug-likeness (QED) is 0.706. The van der Waals surface area contributed by atoms with E-state index in [1.165, 1.54) is 0 Å². The Labute approximate surface area is 89.3 Å². The van der Waals surface area contributed by atoms with Crippen molar-refractivity contribution in [1.29, 1.82) is 0 Å². The van der Waals surface area contributed by atoms with E-state index in [0.29, 0.717) is 12.3 Å². The number of hydrogen-bond donors (Lipinski definition) is 1. The van der Waals surface area contributed by atoms with Crippen LogP contribution in [-0.4, -0.2) is 34.5 Å². The van der Waals surface area contributed by atoms with Crippen LogP contribution in [0.15, 0.2) is 0 Å². The first-order chi connectivity index (χ1) is 7.09. The molecule has 84 valence electrons. The third kappa shape index (κ3) is 1.85. The number of rotatable bonds is 1. The molecule has 1 unspecified atom stereocenters. The van der Waals surface area contributed by atoms with Crippen molar-refractivity contribution in [3.05, 3.63) is 0 Å². The molecule has 0 aromatic heterocycles. The van der Waals surface area contributed by atoms with Crippen LogP contribution in [0.3, 0.4) is 0 Å². The van der Waals surface area contributed by atoms with Gasteiger partial charge < -0.3 is 10.0 Å². The van der Waals surface area contributed by atoms with E-state index in [1.54, 1.807) is 6.92 Å². The van der Waals surface area contributed by atoms with Crippen LogP contribution in [0.1, 0.15) is 32.6 Å². The molecule has 1 aliphatic heterocycles. The Bertz CT molecular complexity index is 290. The summed E-state index contributed by atoms with van der Waals surface area (Å²) in [4.78, 5) is 24.1. The van der Waals surface area contributed by atoms with E-state index in [0.717, 1.165) is 25.8 Å². The van der Waals surface area contributed by atoms with Gasteiger partial charge in [0, 0.05) is 19.5 Å². The molecule has 0 aromatic rings. The zero-order valence-electron chi connectivity index (χ0n) is 8.98. The van der Waals surface area contributed by atoms with Crippen molar-refractivity contribution < 1.29 is 14.7 Å². The van der Waals surface area contributed by atoms with E-state index in [4.69, 9.17) is 5.11 Å². The number of amides is 1. The maximum Gasteiger partial charge on any atom is 0.306 e. The molecule has 0 spiro atoms. The fourth-order valence-electron chi connectivity index (χ4n) is 3.01. The van der Waals surface area contributed by atoms with Crippen molar-refractivity contribution >= 4 is 11.9 Å². The summed E-state index contributed by atoms with van der Waals surface area (Å²) in [5.41, 5.74) is 0. The summed E-state index contributed by atoms with van der Waals surface area (Å²) in [6.07, 6.45) is 3.45. The van der Waals surface area contributed by atoms with E-state index < -0.39 is 5.97 Å². The number of carboxylic acids is 1. The van der Waals surface area contributed by atoms with Crippen molar-refractivity contribution in [2.24, 2.45) is 11.8 Å². The molecule has 4 heteroatoms. The van der Waals surface area contributed by atoms with Gasteiger partial charge in [-0.15, -0.1) is 0 Å². The monoisotopic (exact) mass is 211 g/mol. The van der Waals surface area contributed by atoms with Crippen LogP contribution in [0, 0.1) is 11.8 Å². The molecule has 1 saturated heterocycles. The second-order valence-corrected chi connectivity index (χ2v) is 4.68. The van der Waals surface area contributed by atoms with Gasteiger partial charge in [0.05, 0.1) is 5.92 Å². The minimum Gasteiger partial charge on any atom is -0.481 e. The van der Waals surface area contributed by atoms with Gasteiger partial charge in [-0.2, -0.15) is 0 Å². The van der Waals surface area contributed by atoms with E-state index in [9.17, 15) is 9.59 Å². The molecular weight excluding hydrogens is 194 g/mol. The van der Waals surface area contributed by atoms with Crippen molar-refractivity contribution in [2.75, 3.05) is 6.54 Å². The predicted octanol–water partition coefficient (Wildman–Crippen LogP) is 1.11. The van der Waals surface area contributed by atoms with Gasteiger partial charge in [0.2, 0.25) is 5.91 Å². The highest BCUT2D eigenvalue weighted by molar-refractivity contribution is 5.74. The molecule has 1 N–H and O–H groups in total. The largest absolute Gasteiger partial charge is 0.481 e. The average molecular weight is 211 g/mol. The highest BCUT2D eigenvalue weighted by atomic mass is 16.4. The average Bonchev–Trinajstić information content (AvgIpc) is 2.59. The highest BCUT2D eigenvalue weighted by Gasteiger charge is 2.41. The van der Waals surface area contributed by atoms with Gasteiger partial charge in [-0.1, -0.05) is 0 Å². The molecule has 0 aromatic carbocycles. The van der Waals surface area contributed by atoms with Crippen molar-refractivity contribution in [1.82, 2.24) is 4.90 Å². The van der Waals surface area contributed by atoms with Crippen LogP contribution >= 0.6 is 0 Å². The van der Waals surface area contributed by atoms with E-state index in [-0.39, 0.29) is 17.9 Å². The summed E-state index contributed by atoms with van der Waals surface area (Å²) < 4.78 is 0. The predicted molar refractivity (Wildman–Crippen MR) is 54.3 cm³/mol. The van der Waals surface area contributed by atoms with E-state index in [1.807, 2.05) is 4.90 Å². The van der Waals surface area contributed by atoms with Crippen LogP contribution in [0.2, 0.25) is 0 Å². The first kappa shape index (κ1) is 10.5. The first-order valence-corrected chi connectivity index (χ1v) is 5.59. The third-order valence-corrected chi connectivity index (χ3v) is 3.85. The number of carbonyl (C=O) groups is 2. The zero-order valence-corrected chi connectivity index (χ0v) is 8.98. The van der Waals surface area contributed by atoms with E-state index >= 15 is 0 Å². The Kier molecular flexibility index (Phi) is 2.67. The van der Waals surface area contributed by atoms with Crippen molar-refractivity contribution in [3.63, 3.8) is 0 Å². The molecule has 2 rings (SSSR count). The molecular formula is C11H17NO3. The second kappa shape index (κ2) is 3.83. The molecule has 3 atom stereocenters. The number of carbonyl (C=O) groups excluding carboxylic acids is 1. The van der Waals surface area contributed by atoms with E-state index in [2.05, 4.69) is 0 Å². The third-order valence-electron chi connectivity index (χ3n) is 3.85. The molecule has 1 aliphatic carbocycles. The fourth-order valence-corrected chi connectivity index (χ4v) is 3.01. The minimum absolute atomic E-state index is 0.0912. The summed E-state index contributed by atoms with van der Waals surface area (Å²) in [5, 5.41) is 8.98. The maximum absolute atomic E-state index is 11.4. The lowest BCUT2D eigenvalue weighted by molar-refractivity contribution is -0.145. The van der Waals surface area contributed by atoms with Crippen molar-refractivity contribution in [2.45, 2.75) is 38.6 Å². The Hall–Kier alpha value is -1.06. The lowest BCUT2D eigenvalue weighted by atomic mass is 9.79. The van der Waals surface area contributed by atoms with Gasteiger partial charge in [-0.3, -0.25) is 9.59 Å². The Morgan fingerprint density at radius 1 is 1.27 bits per heavy atom. The normalized spacial score (nSPS) is 35.0. The summed E-state index contributed by atoms with van der Waals surface area (Å²) in [6, 6.07) is 0.192. The number of aliphatic carboxylic acids is 1. The van der Waals surface area contributed by atoms with Crippen molar-refractivity contribution in [3.8, 4) is 0 Å². The van der Waals surface area contributed by atoms with Crippen LogP contribution in [-0.2, 0) is 9.59 Å². The summed E-state index contributed by atoms with van der Waals surface area (Å²) in [7, 11) is 0. The highest BCUT2D eigenvalue weighted by Crippen LogP contribution is 2.38. The van der Waals surface area contributed by atoms with Gasteiger partial charge in [-0.05, 0) is 31.6 Å². The Morgan fingerprint density at radius 3 is 2.60 bits per heavy atom. The molecule has 0 radical (unpaired) electrons. The molecule has 2 aliphatic rings. The molecule has 1 amide bonds.